The summed E-state index contributed by atoms with van der Waals surface area (Å²) in [6, 6.07) is 11.4. The molecule has 0 fully saturated rings. The highest BCUT2D eigenvalue weighted by atomic mass is 32.2. The van der Waals surface area contributed by atoms with Gasteiger partial charge in [-0.05, 0) is 18.2 Å². The third-order valence-electron chi connectivity index (χ3n) is 3.78. The molecule has 1 aromatic carbocycles. The van der Waals surface area contributed by atoms with Crippen LogP contribution in [0.2, 0.25) is 0 Å². The van der Waals surface area contributed by atoms with E-state index in [9.17, 15) is 4.79 Å². The van der Waals surface area contributed by atoms with E-state index in [1.165, 1.54) is 11.8 Å². The zero-order valence-electron chi connectivity index (χ0n) is 13.4. The van der Waals surface area contributed by atoms with E-state index >= 15 is 0 Å². The Labute approximate surface area is 147 Å². The van der Waals surface area contributed by atoms with E-state index in [4.69, 9.17) is 0 Å². The third kappa shape index (κ3) is 3.03. The van der Waals surface area contributed by atoms with Gasteiger partial charge in [0, 0.05) is 30.5 Å². The van der Waals surface area contributed by atoms with Crippen molar-refractivity contribution in [3.8, 4) is 0 Å². The Morgan fingerprint density at radius 3 is 2.80 bits per heavy atom. The fraction of sp³-hybridized carbons (Fsp3) is 0.118. The maximum Gasteiger partial charge on any atom is 0.234 e. The quantitative estimate of drug-likeness (QED) is 0.570. The van der Waals surface area contributed by atoms with Crippen molar-refractivity contribution in [3.63, 3.8) is 0 Å². The highest BCUT2D eigenvalue weighted by Gasteiger charge is 2.13. The molecular weight excluding hydrogens is 336 g/mol. The van der Waals surface area contributed by atoms with E-state index in [1.54, 1.807) is 24.5 Å². The van der Waals surface area contributed by atoms with Gasteiger partial charge >= 0.3 is 0 Å². The highest BCUT2D eigenvalue weighted by molar-refractivity contribution is 7.99. The van der Waals surface area contributed by atoms with Gasteiger partial charge in [0.1, 0.15) is 5.52 Å². The van der Waals surface area contributed by atoms with Crippen molar-refractivity contribution < 1.29 is 4.79 Å². The van der Waals surface area contributed by atoms with Crippen molar-refractivity contribution in [1.29, 1.82) is 0 Å². The summed E-state index contributed by atoms with van der Waals surface area (Å²) in [7, 11) is 1.95. The number of thioether (sulfide) groups is 1. The molecule has 4 aromatic rings. The second-order valence-corrected chi connectivity index (χ2v) is 6.36. The van der Waals surface area contributed by atoms with Crippen molar-refractivity contribution in [2.24, 2.45) is 7.05 Å². The lowest BCUT2D eigenvalue weighted by atomic mass is 10.2. The molecule has 25 heavy (non-hydrogen) atoms. The van der Waals surface area contributed by atoms with Crippen LogP contribution < -0.4 is 5.32 Å². The van der Waals surface area contributed by atoms with Gasteiger partial charge in [-0.3, -0.25) is 9.78 Å². The number of rotatable bonds is 4. The molecule has 0 bridgehead atoms. The van der Waals surface area contributed by atoms with Gasteiger partial charge in [-0.15, -0.1) is 10.2 Å². The molecule has 1 amide bonds. The number of aromatic nitrogens is 5. The number of hydrogen-bond donors (Lipinski definition) is 1. The van der Waals surface area contributed by atoms with Gasteiger partial charge in [0.2, 0.25) is 11.1 Å². The van der Waals surface area contributed by atoms with Gasteiger partial charge in [-0.2, -0.15) is 0 Å². The molecule has 0 spiro atoms. The molecule has 0 saturated carbocycles. The van der Waals surface area contributed by atoms with Crippen LogP contribution in [0.3, 0.4) is 0 Å². The van der Waals surface area contributed by atoms with Crippen LogP contribution in [0.15, 0.2) is 53.9 Å². The Kier molecular flexibility index (Phi) is 4.02. The van der Waals surface area contributed by atoms with Gasteiger partial charge in [-0.1, -0.05) is 30.0 Å². The van der Waals surface area contributed by atoms with E-state index in [1.807, 2.05) is 35.9 Å². The van der Waals surface area contributed by atoms with Crippen LogP contribution in [-0.2, 0) is 11.8 Å². The number of anilines is 1. The lowest BCUT2D eigenvalue weighted by Gasteiger charge is -2.04. The van der Waals surface area contributed by atoms with E-state index in [2.05, 4.69) is 25.5 Å². The number of carbonyl (C=O) groups excluding carboxylic acids is 1. The maximum absolute atomic E-state index is 12.0. The molecule has 0 atom stereocenters. The van der Waals surface area contributed by atoms with E-state index in [0.29, 0.717) is 10.8 Å². The molecule has 0 radical (unpaired) electrons. The van der Waals surface area contributed by atoms with E-state index < -0.39 is 0 Å². The molecule has 8 heteroatoms. The van der Waals surface area contributed by atoms with Crippen LogP contribution in [0.25, 0.3) is 22.1 Å². The van der Waals surface area contributed by atoms with Crippen LogP contribution >= 0.6 is 11.8 Å². The number of hydrogen-bond acceptors (Lipinski definition) is 6. The third-order valence-corrected chi connectivity index (χ3v) is 4.62. The fourth-order valence-electron chi connectivity index (χ4n) is 2.62. The summed E-state index contributed by atoms with van der Waals surface area (Å²) in [5.41, 5.74) is 3.29. The molecule has 7 nitrogen and oxygen atoms in total. The topological polar surface area (TPSA) is 85.6 Å². The van der Waals surface area contributed by atoms with Gasteiger partial charge < -0.3 is 9.88 Å². The monoisotopic (exact) mass is 350 g/mol. The van der Waals surface area contributed by atoms with Crippen molar-refractivity contribution in [2.45, 2.75) is 5.16 Å². The minimum Gasteiger partial charge on any atom is -0.327 e. The van der Waals surface area contributed by atoms with Crippen LogP contribution in [0, 0.1) is 0 Å². The number of pyridine rings is 1. The number of amides is 1. The normalized spacial score (nSPS) is 11.1. The van der Waals surface area contributed by atoms with Crippen molar-refractivity contribution in [1.82, 2.24) is 24.7 Å². The number of aryl methyl sites for hydroxylation is 1. The van der Waals surface area contributed by atoms with Gasteiger partial charge in [-0.25, -0.2) is 4.98 Å². The Bertz CT molecular complexity index is 1060. The van der Waals surface area contributed by atoms with Crippen LogP contribution in [0.5, 0.6) is 0 Å². The average Bonchev–Trinajstić information content (AvgIpc) is 2.93. The summed E-state index contributed by atoms with van der Waals surface area (Å²) in [4.78, 5) is 20.5. The number of carbonyl (C=O) groups is 1. The molecule has 3 aromatic heterocycles. The minimum atomic E-state index is -0.128. The number of fused-ring (bicyclic) bond motifs is 3. The maximum atomic E-state index is 12.0. The van der Waals surface area contributed by atoms with Crippen molar-refractivity contribution >= 4 is 45.4 Å². The molecular formula is C17H14N6OS. The number of para-hydroxylation sites is 1. The summed E-state index contributed by atoms with van der Waals surface area (Å²) in [5.74, 6) is 0.0800. The predicted molar refractivity (Wildman–Crippen MR) is 97.4 cm³/mol. The summed E-state index contributed by atoms with van der Waals surface area (Å²) >= 11 is 1.26. The van der Waals surface area contributed by atoms with Gasteiger partial charge in [0.25, 0.3) is 0 Å². The lowest BCUT2D eigenvalue weighted by molar-refractivity contribution is -0.113. The van der Waals surface area contributed by atoms with Gasteiger partial charge in [0.15, 0.2) is 5.65 Å². The zero-order chi connectivity index (χ0) is 17.2. The number of benzene rings is 1. The summed E-state index contributed by atoms with van der Waals surface area (Å²) < 4.78 is 1.99. The van der Waals surface area contributed by atoms with Crippen LogP contribution in [0.4, 0.5) is 5.69 Å². The first-order valence-electron chi connectivity index (χ1n) is 7.63. The lowest BCUT2D eigenvalue weighted by Crippen LogP contribution is -2.14. The first-order chi connectivity index (χ1) is 12.2. The van der Waals surface area contributed by atoms with Crippen LogP contribution in [-0.4, -0.2) is 36.4 Å². The largest absolute Gasteiger partial charge is 0.327 e. The second-order valence-electron chi connectivity index (χ2n) is 5.42. The standard InChI is InChI=1S/C17H14N6OS/c1-23-13-5-3-2-4-12(13)15-16(23)20-17(22-21-15)25-10-14(24)19-11-6-8-18-9-7-11/h2-9H,10H2,1H3,(H,18,19,24). The summed E-state index contributed by atoms with van der Waals surface area (Å²) in [5, 5.41) is 12.7. The first kappa shape index (κ1) is 15.5. The zero-order valence-corrected chi connectivity index (χ0v) is 14.2. The minimum absolute atomic E-state index is 0.128. The van der Waals surface area contributed by atoms with Gasteiger partial charge in [0.05, 0.1) is 11.3 Å². The van der Waals surface area contributed by atoms with Crippen LogP contribution in [0.1, 0.15) is 0 Å². The molecule has 3 heterocycles. The Balaban J connectivity index is 1.53. The van der Waals surface area contributed by atoms with E-state index in [0.717, 1.165) is 22.1 Å². The Morgan fingerprint density at radius 2 is 1.96 bits per heavy atom. The SMILES string of the molecule is Cn1c2ccccc2c2nnc(SCC(=O)Nc3ccncc3)nc21. The highest BCUT2D eigenvalue weighted by Crippen LogP contribution is 2.25. The average molecular weight is 350 g/mol. The van der Waals surface area contributed by atoms with Crippen molar-refractivity contribution in [3.05, 3.63) is 48.8 Å². The molecule has 0 saturated heterocycles. The second kappa shape index (κ2) is 6.48. The molecule has 124 valence electrons. The van der Waals surface area contributed by atoms with E-state index in [-0.39, 0.29) is 11.7 Å². The smallest absolute Gasteiger partial charge is 0.234 e. The Hall–Kier alpha value is -3.00. The number of nitrogens with one attached hydrogen (secondary N) is 1. The van der Waals surface area contributed by atoms with Crippen molar-refractivity contribution in [2.75, 3.05) is 11.1 Å². The molecule has 0 unspecified atom stereocenters. The fourth-order valence-corrected chi connectivity index (χ4v) is 3.20. The summed E-state index contributed by atoms with van der Waals surface area (Å²) in [6.07, 6.45) is 3.26. The molecule has 0 aliphatic heterocycles. The molecule has 0 aliphatic carbocycles. The predicted octanol–water partition coefficient (Wildman–Crippen LogP) is 2.64. The first-order valence-corrected chi connectivity index (χ1v) is 8.61. The Morgan fingerprint density at radius 1 is 1.16 bits per heavy atom. The molecule has 0 aliphatic rings. The molecule has 1 N–H and O–H groups in total. The molecule has 4 rings (SSSR count). The number of nitrogens with zero attached hydrogens (tertiary/aromatic N) is 5. The summed E-state index contributed by atoms with van der Waals surface area (Å²) in [6.45, 7) is 0.